The topological polar surface area (TPSA) is 106 Å². The number of hydrogen-bond acceptors (Lipinski definition) is 5. The SMILES string of the molecule is COCC(C)NC(=O)Cn1cc(CCCCC(=O)O)nn1. The first-order valence-electron chi connectivity index (χ1n) is 6.90. The van der Waals surface area contributed by atoms with Gasteiger partial charge in [0.2, 0.25) is 5.91 Å². The summed E-state index contributed by atoms with van der Waals surface area (Å²) in [5.41, 5.74) is 0.762. The molecule has 8 heteroatoms. The van der Waals surface area contributed by atoms with Gasteiger partial charge in [-0.15, -0.1) is 5.10 Å². The van der Waals surface area contributed by atoms with E-state index >= 15 is 0 Å². The summed E-state index contributed by atoms with van der Waals surface area (Å²) in [7, 11) is 1.58. The molecule has 1 atom stereocenters. The number of carbonyl (C=O) groups is 2. The molecule has 1 aromatic rings. The number of nitrogens with one attached hydrogen (secondary N) is 1. The summed E-state index contributed by atoms with van der Waals surface area (Å²) in [5, 5.41) is 19.2. The Labute approximate surface area is 123 Å². The maximum atomic E-state index is 11.7. The van der Waals surface area contributed by atoms with Gasteiger partial charge in [0.25, 0.3) is 0 Å². The third kappa shape index (κ3) is 7.40. The molecule has 118 valence electrons. The molecule has 0 saturated carbocycles. The molecule has 0 aliphatic carbocycles. The van der Waals surface area contributed by atoms with Crippen molar-refractivity contribution in [2.75, 3.05) is 13.7 Å². The Bertz CT molecular complexity index is 461. The van der Waals surface area contributed by atoms with E-state index in [-0.39, 0.29) is 24.9 Å². The number of carbonyl (C=O) groups excluding carboxylic acids is 1. The summed E-state index contributed by atoms with van der Waals surface area (Å²) in [6.45, 7) is 2.42. The zero-order chi connectivity index (χ0) is 15.7. The predicted octanol–water partition coefficient (Wildman–Crippen LogP) is 0.227. The molecule has 1 unspecified atom stereocenters. The molecule has 0 saturated heterocycles. The summed E-state index contributed by atoms with van der Waals surface area (Å²) < 4.78 is 6.41. The normalized spacial score (nSPS) is 12.1. The molecule has 1 heterocycles. The van der Waals surface area contributed by atoms with Gasteiger partial charge in [-0.25, -0.2) is 4.68 Å². The maximum absolute atomic E-state index is 11.7. The van der Waals surface area contributed by atoms with Gasteiger partial charge in [0.05, 0.1) is 12.3 Å². The number of aromatic nitrogens is 3. The summed E-state index contributed by atoms with van der Waals surface area (Å²) in [6, 6.07) is -0.0542. The number of hydrogen-bond donors (Lipinski definition) is 2. The van der Waals surface area contributed by atoms with Crippen LogP contribution in [0.15, 0.2) is 6.20 Å². The lowest BCUT2D eigenvalue weighted by Crippen LogP contribution is -2.37. The van der Waals surface area contributed by atoms with Crippen molar-refractivity contribution in [1.82, 2.24) is 20.3 Å². The monoisotopic (exact) mass is 298 g/mol. The molecule has 2 N–H and O–H groups in total. The Kier molecular flexibility index (Phi) is 7.38. The number of carboxylic acid groups (broad SMARTS) is 1. The molecule has 1 aromatic heterocycles. The van der Waals surface area contributed by atoms with Crippen LogP contribution in [0.3, 0.4) is 0 Å². The molecular weight excluding hydrogens is 276 g/mol. The Balaban J connectivity index is 2.30. The Morgan fingerprint density at radius 3 is 2.90 bits per heavy atom. The molecule has 0 aliphatic rings. The standard InChI is InChI=1S/C13H22N4O4/c1-10(9-21-2)14-12(18)8-17-7-11(15-16-17)5-3-4-6-13(19)20/h7,10H,3-6,8-9H2,1-2H3,(H,14,18)(H,19,20). The third-order valence-corrected chi connectivity index (χ3v) is 2.79. The zero-order valence-electron chi connectivity index (χ0n) is 12.4. The van der Waals surface area contributed by atoms with Gasteiger partial charge < -0.3 is 15.2 Å². The average molecular weight is 298 g/mol. The van der Waals surface area contributed by atoms with Crippen molar-refractivity contribution in [2.45, 2.75) is 45.2 Å². The molecule has 0 aliphatic heterocycles. The minimum Gasteiger partial charge on any atom is -0.481 e. The van der Waals surface area contributed by atoms with Crippen molar-refractivity contribution in [3.8, 4) is 0 Å². The fourth-order valence-corrected chi connectivity index (χ4v) is 1.87. The van der Waals surface area contributed by atoms with Crippen LogP contribution in [0.5, 0.6) is 0 Å². The Morgan fingerprint density at radius 1 is 1.48 bits per heavy atom. The Morgan fingerprint density at radius 2 is 2.24 bits per heavy atom. The van der Waals surface area contributed by atoms with Crippen molar-refractivity contribution in [1.29, 1.82) is 0 Å². The molecule has 0 radical (unpaired) electrons. The number of rotatable bonds is 10. The van der Waals surface area contributed by atoms with E-state index in [1.54, 1.807) is 13.3 Å². The highest BCUT2D eigenvalue weighted by molar-refractivity contribution is 5.75. The van der Waals surface area contributed by atoms with Gasteiger partial charge in [-0.2, -0.15) is 0 Å². The number of amides is 1. The molecule has 1 amide bonds. The van der Waals surface area contributed by atoms with E-state index in [9.17, 15) is 9.59 Å². The van der Waals surface area contributed by atoms with E-state index in [0.29, 0.717) is 19.4 Å². The average Bonchev–Trinajstić information content (AvgIpc) is 2.82. The Hall–Kier alpha value is -1.96. The number of carboxylic acids is 1. The molecule has 0 spiro atoms. The number of ether oxygens (including phenoxy) is 1. The summed E-state index contributed by atoms with van der Waals surface area (Å²) >= 11 is 0. The van der Waals surface area contributed by atoms with Gasteiger partial charge in [-0.1, -0.05) is 5.21 Å². The van der Waals surface area contributed by atoms with Gasteiger partial charge >= 0.3 is 5.97 Å². The summed E-state index contributed by atoms with van der Waals surface area (Å²) in [6.07, 6.45) is 3.88. The van der Waals surface area contributed by atoms with Crippen LogP contribution < -0.4 is 5.32 Å². The lowest BCUT2D eigenvalue weighted by Gasteiger charge is -2.12. The molecule has 21 heavy (non-hydrogen) atoms. The first-order chi connectivity index (χ1) is 10.0. The number of unbranched alkanes of at least 4 members (excludes halogenated alkanes) is 1. The smallest absolute Gasteiger partial charge is 0.303 e. The van der Waals surface area contributed by atoms with E-state index in [1.807, 2.05) is 6.92 Å². The number of methoxy groups -OCH3 is 1. The van der Waals surface area contributed by atoms with Crippen LogP contribution in [0.1, 0.15) is 31.9 Å². The van der Waals surface area contributed by atoms with Gasteiger partial charge in [0.15, 0.2) is 0 Å². The van der Waals surface area contributed by atoms with E-state index in [4.69, 9.17) is 9.84 Å². The van der Waals surface area contributed by atoms with Gasteiger partial charge in [-0.05, 0) is 26.2 Å². The first-order valence-corrected chi connectivity index (χ1v) is 6.90. The number of nitrogens with zero attached hydrogens (tertiary/aromatic N) is 3. The lowest BCUT2D eigenvalue weighted by atomic mass is 10.1. The maximum Gasteiger partial charge on any atom is 0.303 e. The fourth-order valence-electron chi connectivity index (χ4n) is 1.87. The van der Waals surface area contributed by atoms with Gasteiger partial charge in [0, 0.05) is 25.8 Å². The minimum absolute atomic E-state index is 0.0542. The lowest BCUT2D eigenvalue weighted by molar-refractivity contribution is -0.137. The van der Waals surface area contributed by atoms with E-state index < -0.39 is 5.97 Å². The first kappa shape index (κ1) is 17.1. The molecule has 8 nitrogen and oxygen atoms in total. The highest BCUT2D eigenvalue weighted by atomic mass is 16.5. The summed E-state index contributed by atoms with van der Waals surface area (Å²) in [4.78, 5) is 22.1. The highest BCUT2D eigenvalue weighted by Gasteiger charge is 2.09. The fraction of sp³-hybridized carbons (Fsp3) is 0.692. The van der Waals surface area contributed by atoms with E-state index in [1.165, 1.54) is 4.68 Å². The summed E-state index contributed by atoms with van der Waals surface area (Å²) in [5.74, 6) is -0.942. The van der Waals surface area contributed by atoms with Crippen molar-refractivity contribution >= 4 is 11.9 Å². The minimum atomic E-state index is -0.791. The molecule has 0 fully saturated rings. The number of aliphatic carboxylic acids is 1. The predicted molar refractivity (Wildman–Crippen MR) is 74.7 cm³/mol. The number of aryl methyl sites for hydroxylation is 1. The third-order valence-electron chi connectivity index (χ3n) is 2.79. The molecule has 0 bridgehead atoms. The van der Waals surface area contributed by atoms with Crippen LogP contribution in [0.2, 0.25) is 0 Å². The van der Waals surface area contributed by atoms with Crippen molar-refractivity contribution < 1.29 is 19.4 Å². The molecule has 0 aromatic carbocycles. The van der Waals surface area contributed by atoms with Crippen LogP contribution in [0, 0.1) is 0 Å². The van der Waals surface area contributed by atoms with Crippen molar-refractivity contribution in [3.63, 3.8) is 0 Å². The van der Waals surface area contributed by atoms with Crippen LogP contribution in [-0.4, -0.2) is 51.7 Å². The van der Waals surface area contributed by atoms with Crippen molar-refractivity contribution in [3.05, 3.63) is 11.9 Å². The van der Waals surface area contributed by atoms with Gasteiger partial charge in [-0.3, -0.25) is 9.59 Å². The highest BCUT2D eigenvalue weighted by Crippen LogP contribution is 2.03. The largest absolute Gasteiger partial charge is 0.481 e. The van der Waals surface area contributed by atoms with E-state index in [2.05, 4.69) is 15.6 Å². The van der Waals surface area contributed by atoms with Gasteiger partial charge in [0.1, 0.15) is 6.54 Å². The molecular formula is C13H22N4O4. The van der Waals surface area contributed by atoms with Crippen molar-refractivity contribution in [2.24, 2.45) is 0 Å². The molecule has 1 rings (SSSR count). The zero-order valence-corrected chi connectivity index (χ0v) is 12.4. The quantitative estimate of drug-likeness (QED) is 0.599. The second-order valence-corrected chi connectivity index (χ2v) is 4.93. The second-order valence-electron chi connectivity index (χ2n) is 4.93. The van der Waals surface area contributed by atoms with E-state index in [0.717, 1.165) is 12.1 Å². The van der Waals surface area contributed by atoms with Crippen LogP contribution >= 0.6 is 0 Å². The van der Waals surface area contributed by atoms with Crippen LogP contribution in [0.25, 0.3) is 0 Å². The van der Waals surface area contributed by atoms with Crippen LogP contribution in [0.4, 0.5) is 0 Å². The second kappa shape index (κ2) is 9.06. The van der Waals surface area contributed by atoms with Crippen LogP contribution in [-0.2, 0) is 27.3 Å².